The van der Waals surface area contributed by atoms with Crippen LogP contribution in [0.3, 0.4) is 0 Å². The Morgan fingerprint density at radius 2 is 2.03 bits per heavy atom. The first kappa shape index (κ1) is 19.2. The highest BCUT2D eigenvalue weighted by atomic mass is 32.2. The van der Waals surface area contributed by atoms with E-state index in [1.807, 2.05) is 12.3 Å². The SMILES string of the molecule is Cc1csc(SC[C@H]2O[C@@H](n3cnc4c(N5CCCC5)ncnc43)[C@H](O)[C@@H]2O)n1. The van der Waals surface area contributed by atoms with E-state index in [9.17, 15) is 10.2 Å². The van der Waals surface area contributed by atoms with Gasteiger partial charge in [-0.25, -0.2) is 19.9 Å². The summed E-state index contributed by atoms with van der Waals surface area (Å²) in [6, 6.07) is 0. The lowest BCUT2D eigenvalue weighted by molar-refractivity contribution is -0.0289. The highest BCUT2D eigenvalue weighted by Gasteiger charge is 2.44. The first-order valence-electron chi connectivity index (χ1n) is 9.61. The molecule has 0 amide bonds. The molecule has 0 aliphatic carbocycles. The van der Waals surface area contributed by atoms with E-state index < -0.39 is 24.5 Å². The smallest absolute Gasteiger partial charge is 0.167 e. The van der Waals surface area contributed by atoms with Gasteiger partial charge in [-0.2, -0.15) is 0 Å². The number of aliphatic hydroxyl groups excluding tert-OH is 2. The van der Waals surface area contributed by atoms with Crippen LogP contribution in [0.4, 0.5) is 5.82 Å². The number of hydrogen-bond acceptors (Lipinski definition) is 10. The normalized spacial score (nSPS) is 27.3. The van der Waals surface area contributed by atoms with Gasteiger partial charge in [-0.1, -0.05) is 11.8 Å². The van der Waals surface area contributed by atoms with Gasteiger partial charge >= 0.3 is 0 Å². The number of aromatic nitrogens is 5. The molecular weight excluding hydrogens is 412 g/mol. The molecule has 3 aromatic heterocycles. The second-order valence-electron chi connectivity index (χ2n) is 7.33. The summed E-state index contributed by atoms with van der Waals surface area (Å²) in [6.45, 7) is 3.86. The van der Waals surface area contributed by atoms with Crippen molar-refractivity contribution < 1.29 is 14.9 Å². The Balaban J connectivity index is 1.37. The van der Waals surface area contributed by atoms with Crippen LogP contribution in [0.5, 0.6) is 0 Å². The zero-order valence-electron chi connectivity index (χ0n) is 15.9. The van der Waals surface area contributed by atoms with Crippen LogP contribution < -0.4 is 4.90 Å². The molecule has 2 fully saturated rings. The number of hydrogen-bond donors (Lipinski definition) is 2. The Morgan fingerprint density at radius 1 is 1.21 bits per heavy atom. The lowest BCUT2D eigenvalue weighted by atomic mass is 10.1. The highest BCUT2D eigenvalue weighted by molar-refractivity contribution is 8.01. The summed E-state index contributed by atoms with van der Waals surface area (Å²) in [5.41, 5.74) is 2.26. The van der Waals surface area contributed by atoms with Crippen molar-refractivity contribution in [2.45, 2.75) is 48.6 Å². The molecule has 11 heteroatoms. The van der Waals surface area contributed by atoms with Gasteiger partial charge in [-0.3, -0.25) is 4.57 Å². The molecular formula is C18H22N6O3S2. The highest BCUT2D eigenvalue weighted by Crippen LogP contribution is 2.35. The molecule has 0 radical (unpaired) electrons. The topological polar surface area (TPSA) is 109 Å². The number of rotatable bonds is 5. The Kier molecular flexibility index (Phi) is 5.16. The van der Waals surface area contributed by atoms with Crippen molar-refractivity contribution in [3.8, 4) is 0 Å². The van der Waals surface area contributed by atoms with Gasteiger partial charge in [0.25, 0.3) is 0 Å². The van der Waals surface area contributed by atoms with Crippen LogP contribution in [0, 0.1) is 6.92 Å². The molecule has 2 saturated heterocycles. The van der Waals surface area contributed by atoms with Crippen molar-refractivity contribution in [1.82, 2.24) is 24.5 Å². The maximum atomic E-state index is 10.6. The van der Waals surface area contributed by atoms with Crippen LogP contribution in [0.25, 0.3) is 11.2 Å². The predicted octanol–water partition coefficient (Wildman–Crippen LogP) is 1.60. The molecule has 2 N–H and O–H groups in total. The molecule has 0 aromatic carbocycles. The molecule has 0 saturated carbocycles. The molecule has 3 aromatic rings. The van der Waals surface area contributed by atoms with Crippen LogP contribution in [0.2, 0.25) is 0 Å². The van der Waals surface area contributed by atoms with E-state index in [0.717, 1.165) is 41.8 Å². The number of ether oxygens (including phenoxy) is 1. The number of thioether (sulfide) groups is 1. The number of nitrogens with zero attached hydrogens (tertiary/aromatic N) is 6. The molecule has 0 bridgehead atoms. The first-order valence-corrected chi connectivity index (χ1v) is 11.5. The zero-order valence-corrected chi connectivity index (χ0v) is 17.5. The molecule has 29 heavy (non-hydrogen) atoms. The maximum absolute atomic E-state index is 10.6. The van der Waals surface area contributed by atoms with Crippen LogP contribution in [0.1, 0.15) is 24.8 Å². The second-order valence-corrected chi connectivity index (χ2v) is 9.45. The van der Waals surface area contributed by atoms with Gasteiger partial charge in [0.2, 0.25) is 0 Å². The number of fused-ring (bicyclic) bond motifs is 1. The summed E-state index contributed by atoms with van der Waals surface area (Å²) in [5.74, 6) is 1.31. The minimum atomic E-state index is -1.07. The van der Waals surface area contributed by atoms with Crippen molar-refractivity contribution >= 4 is 40.1 Å². The number of aliphatic hydroxyl groups is 2. The molecule has 9 nitrogen and oxygen atoms in total. The summed E-state index contributed by atoms with van der Waals surface area (Å²) < 4.78 is 8.66. The second kappa shape index (κ2) is 7.80. The van der Waals surface area contributed by atoms with Gasteiger partial charge < -0.3 is 19.8 Å². The maximum Gasteiger partial charge on any atom is 0.167 e. The van der Waals surface area contributed by atoms with E-state index in [2.05, 4.69) is 24.8 Å². The molecule has 0 spiro atoms. The largest absolute Gasteiger partial charge is 0.387 e. The van der Waals surface area contributed by atoms with E-state index in [0.29, 0.717) is 16.9 Å². The fraction of sp³-hybridized carbons (Fsp3) is 0.556. The summed E-state index contributed by atoms with van der Waals surface area (Å²) in [4.78, 5) is 19.9. The number of thiazole rings is 1. The molecule has 154 valence electrons. The molecule has 2 aliphatic heterocycles. The Labute approximate surface area is 175 Å². The van der Waals surface area contributed by atoms with Crippen molar-refractivity contribution in [3.05, 3.63) is 23.7 Å². The standard InChI is InChI=1S/C18H22N6O3S2/c1-10-6-28-18(22-10)29-7-11-13(25)14(26)17(27-11)24-9-21-12-15(19-8-20-16(12)24)23-4-2-3-5-23/h6,8-9,11,13-14,17,25-26H,2-5,7H2,1H3/t11-,13-,14-,17-/m1/s1. The molecule has 0 unspecified atom stereocenters. The fourth-order valence-electron chi connectivity index (χ4n) is 3.83. The number of anilines is 1. The average Bonchev–Trinajstić information content (AvgIpc) is 3.50. The van der Waals surface area contributed by atoms with Crippen molar-refractivity contribution in [1.29, 1.82) is 0 Å². The Morgan fingerprint density at radius 3 is 2.79 bits per heavy atom. The monoisotopic (exact) mass is 434 g/mol. The minimum absolute atomic E-state index is 0.502. The van der Waals surface area contributed by atoms with Crippen LogP contribution >= 0.6 is 23.1 Å². The Bertz CT molecular complexity index is 1000. The summed E-state index contributed by atoms with van der Waals surface area (Å²) in [6.07, 6.45) is 2.08. The van der Waals surface area contributed by atoms with Gasteiger partial charge in [0, 0.05) is 29.9 Å². The van der Waals surface area contributed by atoms with Gasteiger partial charge in [-0.05, 0) is 19.8 Å². The lowest BCUT2D eigenvalue weighted by Crippen LogP contribution is -2.32. The molecule has 2 aliphatic rings. The molecule has 4 atom stereocenters. The summed E-state index contributed by atoms with van der Waals surface area (Å²) in [7, 11) is 0. The van der Waals surface area contributed by atoms with Crippen molar-refractivity contribution in [2.75, 3.05) is 23.7 Å². The number of imidazole rings is 1. The van der Waals surface area contributed by atoms with Gasteiger partial charge in [0.15, 0.2) is 23.2 Å². The summed E-state index contributed by atoms with van der Waals surface area (Å²) in [5, 5.41) is 23.2. The van der Waals surface area contributed by atoms with Gasteiger partial charge in [0.1, 0.15) is 22.9 Å². The van der Waals surface area contributed by atoms with Gasteiger partial charge in [-0.15, -0.1) is 11.3 Å². The van der Waals surface area contributed by atoms with Crippen LogP contribution in [0.15, 0.2) is 22.4 Å². The average molecular weight is 435 g/mol. The third kappa shape index (κ3) is 3.50. The van der Waals surface area contributed by atoms with Crippen molar-refractivity contribution in [3.63, 3.8) is 0 Å². The minimum Gasteiger partial charge on any atom is -0.387 e. The van der Waals surface area contributed by atoms with E-state index in [-0.39, 0.29) is 0 Å². The molecule has 5 heterocycles. The van der Waals surface area contributed by atoms with E-state index in [4.69, 9.17) is 4.74 Å². The fourth-order valence-corrected chi connectivity index (χ4v) is 5.77. The molecule has 5 rings (SSSR count). The van der Waals surface area contributed by atoms with E-state index >= 15 is 0 Å². The van der Waals surface area contributed by atoms with E-state index in [1.54, 1.807) is 22.2 Å². The first-order chi connectivity index (χ1) is 14.1. The lowest BCUT2D eigenvalue weighted by Gasteiger charge is -2.18. The van der Waals surface area contributed by atoms with Crippen LogP contribution in [-0.2, 0) is 4.74 Å². The van der Waals surface area contributed by atoms with Crippen molar-refractivity contribution in [2.24, 2.45) is 0 Å². The Hall–Kier alpha value is -1.79. The zero-order chi connectivity index (χ0) is 20.0. The van der Waals surface area contributed by atoms with Crippen LogP contribution in [-0.4, -0.2) is 71.9 Å². The summed E-state index contributed by atoms with van der Waals surface area (Å²) >= 11 is 3.08. The third-order valence-corrected chi connectivity index (χ3v) is 7.55. The quantitative estimate of drug-likeness (QED) is 0.579. The third-order valence-electron chi connectivity index (χ3n) is 5.33. The van der Waals surface area contributed by atoms with Gasteiger partial charge in [0.05, 0.1) is 12.4 Å². The predicted molar refractivity (Wildman–Crippen MR) is 110 cm³/mol. The van der Waals surface area contributed by atoms with E-state index in [1.165, 1.54) is 18.1 Å². The number of aryl methyl sites for hydroxylation is 1.